The average molecular weight is 324 g/mol. The van der Waals surface area contributed by atoms with Crippen LogP contribution in [0.5, 0.6) is 0 Å². The van der Waals surface area contributed by atoms with Crippen LogP contribution < -0.4 is 11.1 Å². The average Bonchev–Trinajstić information content (AvgIpc) is 2.53. The van der Waals surface area contributed by atoms with Crippen molar-refractivity contribution in [2.24, 2.45) is 5.73 Å². The van der Waals surface area contributed by atoms with Crippen LogP contribution in [0.4, 0.5) is 5.69 Å². The smallest absolute Gasteiger partial charge is 0.254 e. The van der Waals surface area contributed by atoms with Crippen LogP contribution in [0.2, 0.25) is 0 Å². The summed E-state index contributed by atoms with van der Waals surface area (Å²) in [6.07, 6.45) is 4.48. The highest BCUT2D eigenvalue weighted by Gasteiger charge is 2.32. The Balaban J connectivity index is 0.00000176. The van der Waals surface area contributed by atoms with Gasteiger partial charge in [0.2, 0.25) is 5.91 Å². The summed E-state index contributed by atoms with van der Waals surface area (Å²) >= 11 is 0. The molecular formula is C16H22ClN3O2. The van der Waals surface area contributed by atoms with E-state index in [2.05, 4.69) is 5.32 Å². The summed E-state index contributed by atoms with van der Waals surface area (Å²) in [7, 11) is 0. The second kappa shape index (κ2) is 7.01. The number of rotatable bonds is 2. The topological polar surface area (TPSA) is 75.4 Å². The van der Waals surface area contributed by atoms with Crippen LogP contribution in [-0.4, -0.2) is 35.8 Å². The molecule has 1 aromatic rings. The van der Waals surface area contributed by atoms with Crippen molar-refractivity contribution in [1.29, 1.82) is 0 Å². The van der Waals surface area contributed by atoms with Gasteiger partial charge in [0.05, 0.1) is 0 Å². The van der Waals surface area contributed by atoms with E-state index in [-0.39, 0.29) is 18.3 Å². The Morgan fingerprint density at radius 1 is 1.23 bits per heavy atom. The Morgan fingerprint density at radius 3 is 2.82 bits per heavy atom. The van der Waals surface area contributed by atoms with E-state index in [4.69, 9.17) is 5.73 Å². The van der Waals surface area contributed by atoms with Gasteiger partial charge in [0.15, 0.2) is 0 Å². The largest absolute Gasteiger partial charge is 0.385 e. The number of fused-ring (bicyclic) bond motifs is 1. The molecule has 0 aliphatic carbocycles. The number of hydrogen-bond donors (Lipinski definition) is 2. The van der Waals surface area contributed by atoms with E-state index in [1.165, 1.54) is 0 Å². The SMILES string of the molecule is Cl.NC(=O)C1CCCCN1C(=O)c1cccc2c1CCCN2. The molecule has 6 heteroatoms. The van der Waals surface area contributed by atoms with Gasteiger partial charge in [-0.3, -0.25) is 9.59 Å². The summed E-state index contributed by atoms with van der Waals surface area (Å²) < 4.78 is 0. The lowest BCUT2D eigenvalue weighted by Gasteiger charge is -2.34. The molecule has 3 rings (SSSR count). The molecule has 2 aliphatic heterocycles. The van der Waals surface area contributed by atoms with Crippen molar-refractivity contribution in [1.82, 2.24) is 4.90 Å². The van der Waals surface area contributed by atoms with E-state index < -0.39 is 11.9 Å². The maximum Gasteiger partial charge on any atom is 0.254 e. The molecule has 1 atom stereocenters. The zero-order valence-corrected chi connectivity index (χ0v) is 13.3. The fraction of sp³-hybridized carbons (Fsp3) is 0.500. The molecule has 2 aliphatic rings. The van der Waals surface area contributed by atoms with Crippen LogP contribution in [0.1, 0.15) is 41.6 Å². The van der Waals surface area contributed by atoms with Crippen molar-refractivity contribution >= 4 is 29.9 Å². The maximum absolute atomic E-state index is 12.9. The highest BCUT2D eigenvalue weighted by Crippen LogP contribution is 2.28. The number of hydrogen-bond acceptors (Lipinski definition) is 3. The fourth-order valence-corrected chi connectivity index (χ4v) is 3.34. The van der Waals surface area contributed by atoms with Crippen molar-refractivity contribution in [3.63, 3.8) is 0 Å². The Kier molecular flexibility index (Phi) is 5.29. The van der Waals surface area contributed by atoms with Crippen LogP contribution in [0.25, 0.3) is 0 Å². The molecule has 0 spiro atoms. The monoisotopic (exact) mass is 323 g/mol. The number of halogens is 1. The van der Waals surface area contributed by atoms with Gasteiger partial charge in [-0.25, -0.2) is 0 Å². The molecule has 0 radical (unpaired) electrons. The van der Waals surface area contributed by atoms with Crippen molar-refractivity contribution in [2.45, 2.75) is 38.1 Å². The van der Waals surface area contributed by atoms with E-state index in [1.54, 1.807) is 4.90 Å². The van der Waals surface area contributed by atoms with E-state index in [9.17, 15) is 9.59 Å². The molecule has 1 unspecified atom stereocenters. The summed E-state index contributed by atoms with van der Waals surface area (Å²) in [6, 6.07) is 5.31. The van der Waals surface area contributed by atoms with Gasteiger partial charge in [0.1, 0.15) is 6.04 Å². The summed E-state index contributed by atoms with van der Waals surface area (Å²) in [5.41, 5.74) is 8.29. The molecule has 2 amide bonds. The third kappa shape index (κ3) is 3.04. The van der Waals surface area contributed by atoms with Gasteiger partial charge in [-0.2, -0.15) is 0 Å². The van der Waals surface area contributed by atoms with Gasteiger partial charge in [-0.05, 0) is 49.8 Å². The molecule has 0 bridgehead atoms. The summed E-state index contributed by atoms with van der Waals surface area (Å²) in [4.78, 5) is 26.1. The minimum absolute atomic E-state index is 0. The third-order valence-corrected chi connectivity index (χ3v) is 4.42. The first kappa shape index (κ1) is 16.6. The van der Waals surface area contributed by atoms with Gasteiger partial charge < -0.3 is 16.0 Å². The molecule has 22 heavy (non-hydrogen) atoms. The molecular weight excluding hydrogens is 302 g/mol. The highest BCUT2D eigenvalue weighted by atomic mass is 35.5. The van der Waals surface area contributed by atoms with Crippen molar-refractivity contribution < 1.29 is 9.59 Å². The van der Waals surface area contributed by atoms with Crippen LogP contribution in [-0.2, 0) is 11.2 Å². The lowest BCUT2D eigenvalue weighted by atomic mass is 9.94. The summed E-state index contributed by atoms with van der Waals surface area (Å²) in [5.74, 6) is -0.454. The Morgan fingerprint density at radius 2 is 2.05 bits per heavy atom. The predicted molar refractivity (Wildman–Crippen MR) is 88.4 cm³/mol. The molecule has 0 saturated carbocycles. The first-order chi connectivity index (χ1) is 10.2. The number of nitrogens with zero attached hydrogens (tertiary/aromatic N) is 1. The Hall–Kier alpha value is -1.75. The molecule has 0 aromatic heterocycles. The number of carbonyl (C=O) groups is 2. The van der Waals surface area contributed by atoms with Crippen LogP contribution >= 0.6 is 12.4 Å². The number of benzene rings is 1. The molecule has 3 N–H and O–H groups in total. The molecule has 5 nitrogen and oxygen atoms in total. The van der Waals surface area contributed by atoms with Gasteiger partial charge >= 0.3 is 0 Å². The zero-order chi connectivity index (χ0) is 14.8. The lowest BCUT2D eigenvalue weighted by molar-refractivity contribution is -0.123. The number of carbonyl (C=O) groups excluding carboxylic acids is 2. The van der Waals surface area contributed by atoms with Gasteiger partial charge in [0, 0.05) is 24.3 Å². The number of primary amides is 1. The number of amides is 2. The van der Waals surface area contributed by atoms with E-state index in [0.717, 1.165) is 43.5 Å². The van der Waals surface area contributed by atoms with Crippen molar-refractivity contribution in [3.8, 4) is 0 Å². The third-order valence-electron chi connectivity index (χ3n) is 4.42. The highest BCUT2D eigenvalue weighted by molar-refractivity contribution is 5.99. The van der Waals surface area contributed by atoms with E-state index in [0.29, 0.717) is 18.5 Å². The van der Waals surface area contributed by atoms with Crippen LogP contribution in [0, 0.1) is 0 Å². The normalized spacial score (nSPS) is 20.4. The fourth-order valence-electron chi connectivity index (χ4n) is 3.34. The molecule has 1 fully saturated rings. The maximum atomic E-state index is 12.9. The minimum Gasteiger partial charge on any atom is -0.385 e. The van der Waals surface area contributed by atoms with Gasteiger partial charge in [-0.15, -0.1) is 12.4 Å². The van der Waals surface area contributed by atoms with Crippen molar-refractivity contribution in [2.75, 3.05) is 18.4 Å². The van der Waals surface area contributed by atoms with Crippen LogP contribution in [0.3, 0.4) is 0 Å². The minimum atomic E-state index is -0.460. The number of anilines is 1. The standard InChI is InChI=1S/C16H21N3O2.ClH/c17-15(20)14-8-1-2-10-19(14)16(21)12-5-3-7-13-11(12)6-4-9-18-13;/h3,5,7,14,18H,1-2,4,6,8-10H2,(H2,17,20);1H. The number of piperidine rings is 1. The van der Waals surface area contributed by atoms with E-state index in [1.807, 2.05) is 18.2 Å². The second-order valence-electron chi connectivity index (χ2n) is 5.77. The molecule has 1 saturated heterocycles. The molecule has 120 valence electrons. The molecule has 1 aromatic carbocycles. The van der Waals surface area contributed by atoms with Gasteiger partial charge in [0.25, 0.3) is 5.91 Å². The predicted octanol–water partition coefficient (Wildman–Crippen LogP) is 1.95. The Labute approximate surface area is 136 Å². The molecule has 2 heterocycles. The van der Waals surface area contributed by atoms with Crippen LogP contribution in [0.15, 0.2) is 18.2 Å². The van der Waals surface area contributed by atoms with E-state index >= 15 is 0 Å². The summed E-state index contributed by atoms with van der Waals surface area (Å²) in [6.45, 7) is 1.56. The number of nitrogens with two attached hydrogens (primary N) is 1. The zero-order valence-electron chi connectivity index (χ0n) is 12.5. The second-order valence-corrected chi connectivity index (χ2v) is 5.77. The first-order valence-electron chi connectivity index (χ1n) is 7.64. The Bertz CT molecular complexity index is 577. The lowest BCUT2D eigenvalue weighted by Crippen LogP contribution is -2.50. The quantitative estimate of drug-likeness (QED) is 0.873. The summed E-state index contributed by atoms with van der Waals surface area (Å²) in [5, 5.41) is 3.33. The first-order valence-corrected chi connectivity index (χ1v) is 7.64. The number of nitrogens with one attached hydrogen (secondary N) is 1. The van der Waals surface area contributed by atoms with Gasteiger partial charge in [-0.1, -0.05) is 6.07 Å². The number of likely N-dealkylation sites (tertiary alicyclic amines) is 1. The van der Waals surface area contributed by atoms with Crippen molar-refractivity contribution in [3.05, 3.63) is 29.3 Å².